The molecule has 0 amide bonds. The Kier molecular flexibility index (Phi) is 8.67. The van der Waals surface area contributed by atoms with Crippen LogP contribution in [-0.2, 0) is 27.2 Å². The maximum atomic E-state index is 11.6. The highest BCUT2D eigenvalue weighted by atomic mass is 32.7. The molecule has 0 saturated carbocycles. The zero-order valence-electron chi connectivity index (χ0n) is 9.57. The Balaban J connectivity index is 3.92. The van der Waals surface area contributed by atoms with Crippen LogP contribution < -0.4 is 0 Å². The van der Waals surface area contributed by atoms with E-state index < -0.39 is 13.6 Å². The first-order valence-electron chi connectivity index (χ1n) is 4.17. The molecular weight excluding hydrogens is 294 g/mol. The molecule has 0 aliphatic heterocycles. The van der Waals surface area contributed by atoms with Crippen molar-refractivity contribution >= 4 is 36.4 Å². The third-order valence-corrected chi connectivity index (χ3v) is 9.71. The highest BCUT2D eigenvalue weighted by Gasteiger charge is 2.25. The van der Waals surface area contributed by atoms with Crippen molar-refractivity contribution < 1.29 is 27.2 Å². The van der Waals surface area contributed by atoms with Gasteiger partial charge in [0.1, 0.15) is 0 Å². The van der Waals surface area contributed by atoms with Crippen LogP contribution in [0.1, 0.15) is 0 Å². The topological polar surface area (TPSA) is 71.1 Å². The van der Waals surface area contributed by atoms with Gasteiger partial charge in [0.25, 0.3) is 0 Å². The lowest BCUT2D eigenvalue weighted by atomic mass is 11.0. The summed E-state index contributed by atoms with van der Waals surface area (Å²) in [6, 6.07) is 0. The van der Waals surface area contributed by atoms with Crippen molar-refractivity contribution in [3.63, 3.8) is 0 Å². The fraction of sp³-hybridized carbons (Fsp3) is 1.00. The molecule has 0 aliphatic carbocycles. The molecule has 98 valence electrons. The van der Waals surface area contributed by atoms with E-state index in [1.54, 1.807) is 0 Å². The molecule has 16 heavy (non-hydrogen) atoms. The van der Waals surface area contributed by atoms with Crippen LogP contribution in [0.4, 0.5) is 0 Å². The largest absolute Gasteiger partial charge is 0.388 e. The fourth-order valence-electron chi connectivity index (χ4n) is 0.658. The van der Waals surface area contributed by atoms with Crippen molar-refractivity contribution in [2.24, 2.45) is 0 Å². The van der Waals surface area contributed by atoms with Crippen molar-refractivity contribution in [2.75, 3.05) is 39.9 Å². The molecule has 0 fully saturated rings. The highest BCUT2D eigenvalue weighted by Crippen LogP contribution is 2.62. The van der Waals surface area contributed by atoms with E-state index in [-0.39, 0.29) is 0 Å². The van der Waals surface area contributed by atoms with Gasteiger partial charge in [0.15, 0.2) is 0 Å². The molecule has 0 spiro atoms. The Morgan fingerprint density at radius 1 is 0.750 bits per heavy atom. The van der Waals surface area contributed by atoms with Gasteiger partial charge in [-0.2, -0.15) is 0 Å². The van der Waals surface area contributed by atoms with Crippen LogP contribution in [0.3, 0.4) is 0 Å². The number of hydrogen-bond donors (Lipinski definition) is 0. The molecule has 0 saturated heterocycles. The van der Waals surface area contributed by atoms with Gasteiger partial charge < -0.3 is 18.1 Å². The minimum Gasteiger partial charge on any atom is -0.304 e. The molecule has 6 nitrogen and oxygen atoms in total. The Morgan fingerprint density at radius 2 is 1.00 bits per heavy atom. The number of hydrogen-bond acceptors (Lipinski definition) is 8. The molecule has 10 heteroatoms. The van der Waals surface area contributed by atoms with E-state index >= 15 is 0 Å². The second-order valence-corrected chi connectivity index (χ2v) is 11.1. The van der Waals surface area contributed by atoms with Crippen molar-refractivity contribution in [2.45, 2.75) is 0 Å². The van der Waals surface area contributed by atoms with Gasteiger partial charge in [-0.25, -0.2) is 9.13 Å². The summed E-state index contributed by atoms with van der Waals surface area (Å²) in [5.41, 5.74) is 0. The smallest absolute Gasteiger partial charge is 0.304 e. The van der Waals surface area contributed by atoms with Crippen LogP contribution in [0.25, 0.3) is 0 Å². The van der Waals surface area contributed by atoms with Crippen LogP contribution in [-0.4, -0.2) is 39.9 Å². The van der Waals surface area contributed by atoms with Crippen LogP contribution in [0, 0.1) is 0 Å². The molecule has 0 atom stereocenters. The van der Waals surface area contributed by atoms with Gasteiger partial charge in [-0.3, -0.25) is 0 Å². The monoisotopic (exact) mass is 310 g/mol. The van der Waals surface area contributed by atoms with E-state index in [2.05, 4.69) is 0 Å². The molecule has 0 unspecified atom stereocenters. The Morgan fingerprint density at radius 3 is 1.19 bits per heavy atom. The molecule has 0 N–H and O–H groups in total. The summed E-state index contributed by atoms with van der Waals surface area (Å²) in [6.45, 7) is -6.10. The molecule has 0 bridgehead atoms. The summed E-state index contributed by atoms with van der Waals surface area (Å²) in [5, 5.41) is 0. The van der Waals surface area contributed by atoms with Gasteiger partial charge in [-0.05, 0) is 22.8 Å². The van der Waals surface area contributed by atoms with Crippen LogP contribution >= 0.6 is 36.4 Å². The molecule has 0 aromatic rings. The zero-order chi connectivity index (χ0) is 12.7. The molecule has 0 heterocycles. The van der Waals surface area contributed by atoms with Gasteiger partial charge in [-0.1, -0.05) is 0 Å². The van der Waals surface area contributed by atoms with Crippen molar-refractivity contribution in [1.82, 2.24) is 0 Å². The van der Waals surface area contributed by atoms with Crippen molar-refractivity contribution in [3.05, 3.63) is 0 Å². The molecule has 0 aromatic carbocycles. The third-order valence-electron chi connectivity index (χ3n) is 1.48. The second kappa shape index (κ2) is 8.16. The minimum atomic E-state index is -3.05. The van der Waals surface area contributed by atoms with Gasteiger partial charge in [0.2, 0.25) is 0 Å². The zero-order valence-corrected chi connectivity index (χ0v) is 13.0. The summed E-state index contributed by atoms with van der Waals surface area (Å²) in [4.78, 5) is 0. The van der Waals surface area contributed by atoms with Gasteiger partial charge in [0, 0.05) is 39.9 Å². The second-order valence-electron chi connectivity index (χ2n) is 2.29. The Labute approximate surface area is 104 Å². The van der Waals surface area contributed by atoms with Crippen molar-refractivity contribution in [3.8, 4) is 0 Å². The predicted octanol–water partition coefficient (Wildman–Crippen LogP) is 3.25. The van der Waals surface area contributed by atoms with E-state index in [4.69, 9.17) is 18.1 Å². The normalized spacial score (nSPS) is 13.0. The summed E-state index contributed by atoms with van der Waals surface area (Å²) < 4.78 is 42.1. The first-order chi connectivity index (χ1) is 7.45. The number of rotatable bonds is 9. The highest BCUT2D eigenvalue weighted by molar-refractivity contribution is 8.57. The maximum absolute atomic E-state index is 11.6. The Hall–Kier alpha value is 1.00. The summed E-state index contributed by atoms with van der Waals surface area (Å²) in [6.07, 6.45) is 0. The Bertz CT molecular complexity index is 242. The van der Waals surface area contributed by atoms with E-state index in [1.807, 2.05) is 0 Å². The average molecular weight is 310 g/mol. The van der Waals surface area contributed by atoms with E-state index in [9.17, 15) is 9.13 Å². The van der Waals surface area contributed by atoms with E-state index in [1.165, 1.54) is 28.4 Å². The molecule has 0 rings (SSSR count). The molecular formula is C6H16O6P2S2. The lowest BCUT2D eigenvalue weighted by Crippen LogP contribution is -1.90. The summed E-state index contributed by atoms with van der Waals surface area (Å²) in [7, 11) is 5.28. The predicted molar refractivity (Wildman–Crippen MR) is 68.2 cm³/mol. The van der Waals surface area contributed by atoms with Crippen molar-refractivity contribution in [1.29, 1.82) is 0 Å². The summed E-state index contributed by atoms with van der Waals surface area (Å²) >= 11 is 2.09. The standard InChI is InChI=1S/C6H16O6P2S2/c1-9-13(7,10-2)15-5-6-16-14(8,11-3)12-4/h5-6H2,1-4H3. The molecule has 0 aliphatic rings. The lowest BCUT2D eigenvalue weighted by Gasteiger charge is -2.14. The third kappa shape index (κ3) is 6.07. The van der Waals surface area contributed by atoms with E-state index in [0.29, 0.717) is 11.5 Å². The van der Waals surface area contributed by atoms with Crippen LogP contribution in [0.15, 0.2) is 0 Å². The van der Waals surface area contributed by atoms with Crippen LogP contribution in [0.5, 0.6) is 0 Å². The maximum Gasteiger partial charge on any atom is 0.388 e. The molecule has 0 aromatic heterocycles. The van der Waals surface area contributed by atoms with Gasteiger partial charge >= 0.3 is 13.6 Å². The fourth-order valence-corrected chi connectivity index (χ4v) is 6.37. The quantitative estimate of drug-likeness (QED) is 0.475. The van der Waals surface area contributed by atoms with E-state index in [0.717, 1.165) is 22.8 Å². The average Bonchev–Trinajstić information content (AvgIpc) is 2.34. The summed E-state index contributed by atoms with van der Waals surface area (Å²) in [5.74, 6) is 0.917. The SMILES string of the molecule is COP(=O)(OC)SCCSP(=O)(OC)OC. The minimum absolute atomic E-state index is 0.459. The first kappa shape index (κ1) is 17.0. The lowest BCUT2D eigenvalue weighted by molar-refractivity contribution is 0.294. The molecule has 0 radical (unpaired) electrons. The van der Waals surface area contributed by atoms with Crippen LogP contribution in [0.2, 0.25) is 0 Å². The first-order valence-corrected chi connectivity index (χ1v) is 10.4. The van der Waals surface area contributed by atoms with Gasteiger partial charge in [0.05, 0.1) is 0 Å². The van der Waals surface area contributed by atoms with Gasteiger partial charge in [-0.15, -0.1) is 0 Å².